The van der Waals surface area contributed by atoms with Gasteiger partial charge in [-0.2, -0.15) is 0 Å². The number of anilines is 1. The summed E-state index contributed by atoms with van der Waals surface area (Å²) >= 11 is 8.73. The van der Waals surface area contributed by atoms with Crippen LogP contribution in [-0.2, 0) is 11.2 Å². The first-order chi connectivity index (χ1) is 9.79. The van der Waals surface area contributed by atoms with E-state index in [0.29, 0.717) is 11.6 Å². The summed E-state index contributed by atoms with van der Waals surface area (Å²) in [5.41, 5.74) is 6.86. The van der Waals surface area contributed by atoms with E-state index in [9.17, 15) is 0 Å². The second-order valence-electron chi connectivity index (χ2n) is 5.66. The van der Waals surface area contributed by atoms with Gasteiger partial charge in [0.2, 0.25) is 0 Å². The molecule has 0 aliphatic heterocycles. The monoisotopic (exact) mass is 429 g/mol. The van der Waals surface area contributed by atoms with E-state index in [1.807, 2.05) is 18.2 Å². The number of benzene rings is 1. The highest BCUT2D eigenvalue weighted by Gasteiger charge is 2.22. The van der Waals surface area contributed by atoms with Crippen molar-refractivity contribution in [2.45, 2.75) is 36.8 Å². The summed E-state index contributed by atoms with van der Waals surface area (Å²) in [5, 5.41) is 0. The molecule has 0 saturated carbocycles. The van der Waals surface area contributed by atoms with E-state index < -0.39 is 0 Å². The first-order valence-corrected chi connectivity index (χ1v) is 9.06. The highest BCUT2D eigenvalue weighted by atomic mass is 79.9. The van der Waals surface area contributed by atoms with Crippen LogP contribution in [0.4, 0.5) is 5.82 Å². The molecular formula is C15H17Br2N3S. The summed E-state index contributed by atoms with van der Waals surface area (Å²) < 4.78 is 1.88. The molecule has 1 aromatic heterocycles. The van der Waals surface area contributed by atoms with E-state index in [-0.39, 0.29) is 5.41 Å². The fourth-order valence-corrected chi connectivity index (χ4v) is 3.97. The summed E-state index contributed by atoms with van der Waals surface area (Å²) in [6, 6.07) is 8.12. The molecule has 0 amide bonds. The van der Waals surface area contributed by atoms with E-state index in [4.69, 9.17) is 5.73 Å². The van der Waals surface area contributed by atoms with Crippen molar-refractivity contribution >= 4 is 49.4 Å². The lowest BCUT2D eigenvalue weighted by Crippen LogP contribution is -2.17. The molecule has 0 aliphatic carbocycles. The number of nitrogens with zero attached hydrogens (tertiary/aromatic N) is 2. The topological polar surface area (TPSA) is 51.8 Å². The minimum Gasteiger partial charge on any atom is -0.383 e. The van der Waals surface area contributed by atoms with Gasteiger partial charge < -0.3 is 5.73 Å². The Kier molecular flexibility index (Phi) is 5.33. The van der Waals surface area contributed by atoms with E-state index in [1.54, 1.807) is 11.8 Å². The molecule has 0 bridgehead atoms. The second kappa shape index (κ2) is 6.67. The first kappa shape index (κ1) is 16.8. The molecule has 1 heterocycles. The van der Waals surface area contributed by atoms with E-state index in [1.165, 1.54) is 4.90 Å². The Morgan fingerprint density at radius 2 is 1.81 bits per heavy atom. The van der Waals surface area contributed by atoms with Crippen molar-refractivity contribution in [2.75, 3.05) is 5.73 Å². The summed E-state index contributed by atoms with van der Waals surface area (Å²) in [5.74, 6) is 1.93. The number of hydrogen-bond acceptors (Lipinski definition) is 4. The average Bonchev–Trinajstić information content (AvgIpc) is 2.40. The molecule has 2 aromatic rings. The number of rotatable bonds is 3. The third-order valence-corrected chi connectivity index (χ3v) is 5.63. The number of nitrogens with two attached hydrogens (primary N) is 1. The maximum Gasteiger partial charge on any atom is 0.141 e. The van der Waals surface area contributed by atoms with Crippen molar-refractivity contribution < 1.29 is 0 Å². The number of aromatic nitrogens is 2. The van der Waals surface area contributed by atoms with Crippen molar-refractivity contribution in [3.8, 4) is 0 Å². The summed E-state index contributed by atoms with van der Waals surface area (Å²) in [7, 11) is 0. The number of nitrogen functional groups attached to an aromatic ring is 1. The Labute approximate surface area is 146 Å². The van der Waals surface area contributed by atoms with Crippen LogP contribution in [0.25, 0.3) is 0 Å². The molecule has 0 fully saturated rings. The van der Waals surface area contributed by atoms with Gasteiger partial charge in [-0.3, -0.25) is 0 Å². The molecule has 0 spiro atoms. The molecule has 6 heteroatoms. The zero-order valence-corrected chi connectivity index (χ0v) is 16.1. The predicted octanol–water partition coefficient (Wildman–Crippen LogP) is 5.17. The third-order valence-electron chi connectivity index (χ3n) is 2.83. The number of halogens is 2. The Morgan fingerprint density at radius 3 is 2.43 bits per heavy atom. The van der Waals surface area contributed by atoms with Crippen molar-refractivity contribution in [2.24, 2.45) is 0 Å². The zero-order chi connectivity index (χ0) is 15.6. The van der Waals surface area contributed by atoms with Crippen LogP contribution in [0.1, 0.15) is 32.3 Å². The molecule has 3 nitrogen and oxygen atoms in total. The Hall–Kier alpha value is -0.590. The van der Waals surface area contributed by atoms with E-state index in [0.717, 1.165) is 20.5 Å². The Bertz CT molecular complexity index is 654. The molecule has 1 aromatic carbocycles. The van der Waals surface area contributed by atoms with Gasteiger partial charge in [0, 0.05) is 14.8 Å². The minimum atomic E-state index is -0.0807. The maximum atomic E-state index is 6.00. The molecule has 2 rings (SSSR count). The van der Waals surface area contributed by atoms with Crippen molar-refractivity contribution in [1.82, 2.24) is 9.97 Å². The molecule has 0 unspecified atom stereocenters. The van der Waals surface area contributed by atoms with Crippen LogP contribution < -0.4 is 5.73 Å². The fraction of sp³-hybridized carbons (Fsp3) is 0.333. The predicted molar refractivity (Wildman–Crippen MR) is 96.5 cm³/mol. The van der Waals surface area contributed by atoms with Crippen LogP contribution in [-0.4, -0.2) is 9.97 Å². The molecule has 2 N–H and O–H groups in total. The highest BCUT2D eigenvalue weighted by Crippen LogP contribution is 2.33. The van der Waals surface area contributed by atoms with Gasteiger partial charge in [0.25, 0.3) is 0 Å². The summed E-state index contributed by atoms with van der Waals surface area (Å²) in [6.07, 6.45) is 0. The number of thioether (sulfide) groups is 1. The zero-order valence-electron chi connectivity index (χ0n) is 12.2. The lowest BCUT2D eigenvalue weighted by molar-refractivity contribution is 0.561. The third kappa shape index (κ3) is 4.20. The van der Waals surface area contributed by atoms with Crippen LogP contribution in [0.2, 0.25) is 0 Å². The molecular weight excluding hydrogens is 414 g/mol. The fourth-order valence-electron chi connectivity index (χ4n) is 1.78. The number of hydrogen-bond donors (Lipinski definition) is 1. The highest BCUT2D eigenvalue weighted by molar-refractivity contribution is 9.11. The van der Waals surface area contributed by atoms with Gasteiger partial charge in [-0.15, -0.1) is 11.8 Å². The maximum absolute atomic E-state index is 6.00. The van der Waals surface area contributed by atoms with Crippen molar-refractivity contribution in [1.29, 1.82) is 0 Å². The normalized spacial score (nSPS) is 11.7. The molecule has 0 saturated heterocycles. The van der Waals surface area contributed by atoms with Gasteiger partial charge >= 0.3 is 0 Å². The summed E-state index contributed by atoms with van der Waals surface area (Å²) in [4.78, 5) is 10.2. The Morgan fingerprint density at radius 1 is 1.14 bits per heavy atom. The summed E-state index contributed by atoms with van der Waals surface area (Å²) in [6.45, 7) is 6.35. The molecule has 0 aliphatic rings. The minimum absolute atomic E-state index is 0.0807. The van der Waals surface area contributed by atoms with Gasteiger partial charge in [0.05, 0.1) is 15.9 Å². The average molecular weight is 431 g/mol. The van der Waals surface area contributed by atoms with E-state index >= 15 is 0 Å². The van der Waals surface area contributed by atoms with Crippen LogP contribution in [0.5, 0.6) is 0 Å². The van der Waals surface area contributed by atoms with Gasteiger partial charge in [0.1, 0.15) is 11.6 Å². The van der Waals surface area contributed by atoms with Gasteiger partial charge in [-0.1, -0.05) is 32.9 Å². The lowest BCUT2D eigenvalue weighted by Gasteiger charge is -2.20. The smallest absolute Gasteiger partial charge is 0.141 e. The standard InChI is InChI=1S/C15H17Br2N3S/c1-15(2,3)13-12(17)14(18)20-11(19-13)8-21-10-7-5-4-6-9(10)16/h4-7H,8H2,1-3H3,(H2,18,19,20). The van der Waals surface area contributed by atoms with Crippen LogP contribution in [0.15, 0.2) is 38.1 Å². The van der Waals surface area contributed by atoms with Gasteiger partial charge in [-0.05, 0) is 44.0 Å². The van der Waals surface area contributed by atoms with Gasteiger partial charge in [0.15, 0.2) is 0 Å². The molecule has 21 heavy (non-hydrogen) atoms. The van der Waals surface area contributed by atoms with Crippen LogP contribution >= 0.6 is 43.6 Å². The largest absolute Gasteiger partial charge is 0.383 e. The molecule has 0 atom stereocenters. The van der Waals surface area contributed by atoms with Crippen molar-refractivity contribution in [3.05, 3.63) is 44.7 Å². The SMILES string of the molecule is CC(C)(C)c1nc(CSc2ccccc2Br)nc(N)c1Br. The van der Waals surface area contributed by atoms with Crippen LogP contribution in [0, 0.1) is 0 Å². The van der Waals surface area contributed by atoms with Gasteiger partial charge in [-0.25, -0.2) is 9.97 Å². The molecule has 0 radical (unpaired) electrons. The molecule has 112 valence electrons. The first-order valence-electron chi connectivity index (χ1n) is 6.48. The quantitative estimate of drug-likeness (QED) is 0.682. The van der Waals surface area contributed by atoms with E-state index in [2.05, 4.69) is 68.7 Å². The Balaban J connectivity index is 2.26. The second-order valence-corrected chi connectivity index (χ2v) is 8.32. The lowest BCUT2D eigenvalue weighted by atomic mass is 9.92. The van der Waals surface area contributed by atoms with Crippen molar-refractivity contribution in [3.63, 3.8) is 0 Å². The van der Waals surface area contributed by atoms with Crippen LogP contribution in [0.3, 0.4) is 0 Å².